The van der Waals surface area contributed by atoms with Gasteiger partial charge in [-0.3, -0.25) is 0 Å². The average Bonchev–Trinajstić information content (AvgIpc) is 3.53. The zero-order valence-corrected chi connectivity index (χ0v) is 32.9. The van der Waals surface area contributed by atoms with E-state index in [1.54, 1.807) is 30.3 Å². The number of ether oxygens (including phenoxy) is 12. The van der Waals surface area contributed by atoms with Crippen LogP contribution in [0.4, 0.5) is 0 Å². The lowest BCUT2D eigenvalue weighted by Crippen LogP contribution is -2.31. The summed E-state index contributed by atoms with van der Waals surface area (Å²) in [6.07, 6.45) is 0. The van der Waals surface area contributed by atoms with E-state index in [1.807, 2.05) is 0 Å². The summed E-state index contributed by atoms with van der Waals surface area (Å²) in [5, 5.41) is 32.7. The van der Waals surface area contributed by atoms with Crippen LogP contribution in [0.2, 0.25) is 0 Å². The lowest BCUT2D eigenvalue weighted by atomic mass is 9.77. The van der Waals surface area contributed by atoms with Gasteiger partial charge in [0.05, 0.1) is 138 Å². The molecule has 3 N–H and O–H groups in total. The Balaban J connectivity index is 1.47. The number of hydrogen-bond acceptors (Lipinski definition) is 16. The van der Waals surface area contributed by atoms with Gasteiger partial charge in [0.1, 0.15) is 17.2 Å². The Hall–Kier alpha value is -4.40. The first kappa shape index (κ1) is 44.2. The number of aliphatic carboxylic acids is 1. The van der Waals surface area contributed by atoms with Crippen LogP contribution in [0.5, 0.6) is 17.2 Å². The van der Waals surface area contributed by atoms with Gasteiger partial charge in [-0.1, -0.05) is 0 Å². The second kappa shape index (κ2) is 22.8. The van der Waals surface area contributed by atoms with Crippen LogP contribution in [0.3, 0.4) is 0 Å². The van der Waals surface area contributed by atoms with Crippen LogP contribution in [-0.4, -0.2) is 140 Å². The number of carbonyl (C=O) groups excluding carboxylic acids is 1. The van der Waals surface area contributed by atoms with Gasteiger partial charge in [-0.2, -0.15) is 0 Å². The van der Waals surface area contributed by atoms with E-state index < -0.39 is 24.1 Å². The molecule has 17 heteroatoms. The maximum Gasteiger partial charge on any atom is 0.341 e. The molecule has 3 heterocycles. The number of rotatable bonds is 5. The monoisotopic (exact) mass is 828 g/mol. The van der Waals surface area contributed by atoms with Crippen molar-refractivity contribution in [2.45, 2.75) is 32.0 Å². The van der Waals surface area contributed by atoms with Gasteiger partial charge < -0.3 is 72.2 Å². The van der Waals surface area contributed by atoms with Gasteiger partial charge in [0.25, 0.3) is 0 Å². The van der Waals surface area contributed by atoms with E-state index in [0.29, 0.717) is 91.8 Å². The first-order chi connectivity index (χ1) is 28.9. The lowest BCUT2D eigenvalue weighted by molar-refractivity contribution is -0.139. The molecule has 59 heavy (non-hydrogen) atoms. The maximum absolute atomic E-state index is 14.0. The van der Waals surface area contributed by atoms with Crippen LogP contribution in [0.15, 0.2) is 42.5 Å². The van der Waals surface area contributed by atoms with Crippen molar-refractivity contribution >= 4 is 11.9 Å². The van der Waals surface area contributed by atoms with E-state index >= 15 is 0 Å². The summed E-state index contributed by atoms with van der Waals surface area (Å²) < 4.78 is 69.5. The molecule has 6 rings (SSSR count). The van der Waals surface area contributed by atoms with Gasteiger partial charge in [0.15, 0.2) is 12.2 Å². The summed E-state index contributed by atoms with van der Waals surface area (Å²) >= 11 is 0. The molecular weight excluding hydrogens is 776 g/mol. The lowest BCUT2D eigenvalue weighted by Gasteiger charge is -2.32. The highest BCUT2D eigenvalue weighted by molar-refractivity contribution is 5.96. The molecule has 0 spiro atoms. The fraction of sp³-hybridized carbons (Fsp3) is 0.524. The Morgan fingerprint density at radius 1 is 0.525 bits per heavy atom. The SMILES string of the molecule is O=C(O)COc1ccc2c(c1)C(c1cc3c(O)c(c1)COCCOCCOCCOCCOC3)(c1cc3c(O)c(c1)COCCOCCOCCOCCOC3)OC2=O. The van der Waals surface area contributed by atoms with Crippen LogP contribution in [0.25, 0.3) is 0 Å². The number of carbonyl (C=O) groups is 2. The molecule has 0 atom stereocenters. The number of esters is 1. The van der Waals surface area contributed by atoms with Crippen molar-refractivity contribution < 1.29 is 81.8 Å². The third kappa shape index (κ3) is 12.1. The zero-order valence-electron chi connectivity index (χ0n) is 32.9. The summed E-state index contributed by atoms with van der Waals surface area (Å²) in [6.45, 7) is 4.20. The summed E-state index contributed by atoms with van der Waals surface area (Å²) in [5.74, 6) is -1.84. The standard InChI is InChI=1S/C42H52O17/c43-38(44)28-58-35-1-2-36-37(23-35)42(59-41(36)47,33-19-29-24-54-15-11-50-7-3-48-4-8-51-12-16-55-25-30(20-33)39(29)45)34-21-31-26-56-17-13-52-9-5-49-6-10-53-14-18-57-27-32(22-34)40(31)46/h1-2,19-23,45-46H,3-18,24-28H2,(H,43,44). The molecule has 17 nitrogen and oxygen atoms in total. The number of hydrogen-bond donors (Lipinski definition) is 3. The third-order valence-electron chi connectivity index (χ3n) is 9.55. The molecule has 3 aromatic rings. The van der Waals surface area contributed by atoms with Gasteiger partial charge in [0.2, 0.25) is 0 Å². The minimum Gasteiger partial charge on any atom is -0.507 e. The molecule has 4 bridgehead atoms. The first-order valence-corrected chi connectivity index (χ1v) is 19.6. The molecule has 0 unspecified atom stereocenters. The Labute approximate surface area is 341 Å². The van der Waals surface area contributed by atoms with Crippen molar-refractivity contribution in [2.75, 3.05) is 112 Å². The molecule has 0 aliphatic carbocycles. The fourth-order valence-corrected chi connectivity index (χ4v) is 6.72. The first-order valence-electron chi connectivity index (χ1n) is 19.6. The second-order valence-corrected chi connectivity index (χ2v) is 13.6. The molecule has 0 saturated carbocycles. The van der Waals surface area contributed by atoms with Crippen LogP contribution >= 0.6 is 0 Å². The Morgan fingerprint density at radius 2 is 0.864 bits per heavy atom. The van der Waals surface area contributed by atoms with Crippen LogP contribution < -0.4 is 4.74 Å². The van der Waals surface area contributed by atoms with Crippen molar-refractivity contribution in [1.29, 1.82) is 0 Å². The zero-order chi connectivity index (χ0) is 41.3. The molecule has 3 aliphatic heterocycles. The van der Waals surface area contributed by atoms with Crippen LogP contribution in [0.1, 0.15) is 49.3 Å². The van der Waals surface area contributed by atoms with Gasteiger partial charge in [-0.15, -0.1) is 0 Å². The molecule has 3 aromatic carbocycles. The number of phenols is 2. The van der Waals surface area contributed by atoms with E-state index in [1.165, 1.54) is 12.1 Å². The number of carboxylic acids is 1. The van der Waals surface area contributed by atoms with E-state index in [4.69, 9.17) is 56.8 Å². The van der Waals surface area contributed by atoms with E-state index in [9.17, 15) is 24.9 Å². The molecule has 3 aliphatic rings. The summed E-state index contributed by atoms with van der Waals surface area (Å²) in [4.78, 5) is 25.5. The van der Waals surface area contributed by atoms with Crippen molar-refractivity contribution in [3.63, 3.8) is 0 Å². The summed E-state index contributed by atoms with van der Waals surface area (Å²) in [5.41, 5.74) is 1.05. The minimum absolute atomic E-state index is 0.0433. The number of phenolic OH excluding ortho intramolecular Hbond substituents is 2. The Morgan fingerprint density at radius 3 is 1.20 bits per heavy atom. The van der Waals surface area contributed by atoms with E-state index in [0.717, 1.165) is 0 Å². The van der Waals surface area contributed by atoms with E-state index in [2.05, 4.69) is 0 Å². The topological polar surface area (TPSA) is 206 Å². The second-order valence-electron chi connectivity index (χ2n) is 13.6. The van der Waals surface area contributed by atoms with Gasteiger partial charge in [-0.25, -0.2) is 9.59 Å². The Bertz CT molecular complexity index is 1670. The molecule has 322 valence electrons. The number of benzene rings is 3. The molecule has 0 amide bonds. The molecule has 0 aromatic heterocycles. The average molecular weight is 829 g/mol. The fourth-order valence-electron chi connectivity index (χ4n) is 6.72. The number of carboxylic acid groups (broad SMARTS) is 1. The summed E-state index contributed by atoms with van der Waals surface area (Å²) in [6, 6.07) is 11.3. The highest BCUT2D eigenvalue weighted by Gasteiger charge is 2.50. The molecular formula is C42H52O17. The normalized spacial score (nSPS) is 19.8. The molecule has 0 fully saturated rings. The highest BCUT2D eigenvalue weighted by atomic mass is 16.6. The third-order valence-corrected chi connectivity index (χ3v) is 9.55. The van der Waals surface area contributed by atoms with Crippen molar-refractivity contribution in [1.82, 2.24) is 0 Å². The van der Waals surface area contributed by atoms with E-state index in [-0.39, 0.29) is 102 Å². The number of cyclic esters (lactones) is 1. The van der Waals surface area contributed by atoms with Gasteiger partial charge in [-0.05, 0) is 42.5 Å². The maximum atomic E-state index is 14.0. The van der Waals surface area contributed by atoms with Crippen LogP contribution in [0, 0.1) is 0 Å². The number of aromatic hydroxyl groups is 2. The van der Waals surface area contributed by atoms with Gasteiger partial charge >= 0.3 is 11.9 Å². The summed E-state index contributed by atoms with van der Waals surface area (Å²) in [7, 11) is 0. The minimum atomic E-state index is -1.75. The molecule has 0 saturated heterocycles. The van der Waals surface area contributed by atoms with Gasteiger partial charge in [0, 0.05) is 38.9 Å². The largest absolute Gasteiger partial charge is 0.507 e. The van der Waals surface area contributed by atoms with Crippen molar-refractivity contribution in [3.8, 4) is 17.2 Å². The molecule has 0 radical (unpaired) electrons. The quantitative estimate of drug-likeness (QED) is 0.316. The van der Waals surface area contributed by atoms with Crippen molar-refractivity contribution in [3.05, 3.63) is 87.0 Å². The predicted molar refractivity (Wildman–Crippen MR) is 205 cm³/mol. The Kier molecular flexibility index (Phi) is 17.1. The van der Waals surface area contributed by atoms with Crippen molar-refractivity contribution in [2.24, 2.45) is 0 Å². The predicted octanol–water partition coefficient (Wildman–Crippen LogP) is 3.22. The van der Waals surface area contributed by atoms with Crippen LogP contribution in [-0.2, 0) is 88.9 Å². The highest BCUT2D eigenvalue weighted by Crippen LogP contribution is 2.50. The smallest absolute Gasteiger partial charge is 0.341 e. The number of fused-ring (bicyclic) bond motifs is 5.